The molecule has 3 nitrogen and oxygen atoms in total. The second-order valence-corrected chi connectivity index (χ2v) is 5.68. The number of rotatable bonds is 1. The zero-order valence-electron chi connectivity index (χ0n) is 11.5. The Morgan fingerprint density at radius 3 is 2.74 bits per heavy atom. The third-order valence-electron chi connectivity index (χ3n) is 4.14. The van der Waals surface area contributed by atoms with Gasteiger partial charge in [0, 0.05) is 5.92 Å². The van der Waals surface area contributed by atoms with Crippen molar-refractivity contribution in [1.29, 1.82) is 0 Å². The molecule has 1 unspecified atom stereocenters. The van der Waals surface area contributed by atoms with Gasteiger partial charge in [0.15, 0.2) is 0 Å². The van der Waals surface area contributed by atoms with Crippen molar-refractivity contribution in [3.63, 3.8) is 0 Å². The fourth-order valence-corrected chi connectivity index (χ4v) is 3.17. The van der Waals surface area contributed by atoms with Crippen molar-refractivity contribution in [3.05, 3.63) is 24.3 Å². The van der Waals surface area contributed by atoms with Gasteiger partial charge in [-0.25, -0.2) is 0 Å². The third kappa shape index (κ3) is 2.46. The van der Waals surface area contributed by atoms with Crippen molar-refractivity contribution in [2.24, 2.45) is 5.92 Å². The molecule has 1 aromatic carbocycles. The molecule has 0 spiro atoms. The van der Waals surface area contributed by atoms with Crippen molar-refractivity contribution in [2.45, 2.75) is 45.1 Å². The van der Waals surface area contributed by atoms with Gasteiger partial charge in [0.05, 0.1) is 12.2 Å². The Morgan fingerprint density at radius 2 is 1.95 bits per heavy atom. The summed E-state index contributed by atoms with van der Waals surface area (Å²) in [4.78, 5) is 14.7. The largest absolute Gasteiger partial charge is 0.487 e. The Bertz CT molecular complexity index is 466. The highest BCUT2D eigenvalue weighted by Crippen LogP contribution is 2.35. The van der Waals surface area contributed by atoms with Crippen LogP contribution in [0.15, 0.2) is 24.3 Å². The average Bonchev–Trinajstić information content (AvgIpc) is 2.46. The van der Waals surface area contributed by atoms with Crippen molar-refractivity contribution in [3.8, 4) is 5.75 Å². The summed E-state index contributed by atoms with van der Waals surface area (Å²) in [6.45, 7) is 2.70. The van der Waals surface area contributed by atoms with E-state index in [1.54, 1.807) is 0 Å². The van der Waals surface area contributed by atoms with Crippen molar-refractivity contribution in [1.82, 2.24) is 0 Å². The zero-order chi connectivity index (χ0) is 13.2. The SMILES string of the molecule is CC1CN(C(=O)C2CCCCC2)c2ccccc2O1. The maximum absolute atomic E-state index is 12.7. The standard InChI is InChI=1S/C16H21NO2/c1-12-11-17(14-9-5-6-10-15(14)19-12)16(18)13-7-3-2-4-8-13/h5-6,9-10,12-13H,2-4,7-8,11H2,1H3. The number of benzene rings is 1. The van der Waals surface area contributed by atoms with Crippen LogP contribution in [0.2, 0.25) is 0 Å². The van der Waals surface area contributed by atoms with Gasteiger partial charge < -0.3 is 9.64 Å². The molecule has 0 saturated heterocycles. The Hall–Kier alpha value is -1.51. The van der Waals surface area contributed by atoms with Gasteiger partial charge >= 0.3 is 0 Å². The van der Waals surface area contributed by atoms with E-state index in [-0.39, 0.29) is 12.0 Å². The van der Waals surface area contributed by atoms with Gasteiger partial charge in [0.1, 0.15) is 11.9 Å². The van der Waals surface area contributed by atoms with E-state index in [0.717, 1.165) is 24.3 Å². The quantitative estimate of drug-likeness (QED) is 0.773. The molecule has 0 radical (unpaired) electrons. The minimum absolute atomic E-state index is 0.0717. The van der Waals surface area contributed by atoms with Crippen LogP contribution in [0.3, 0.4) is 0 Å². The lowest BCUT2D eigenvalue weighted by atomic mass is 9.88. The third-order valence-corrected chi connectivity index (χ3v) is 4.14. The molecule has 3 rings (SSSR count). The molecular formula is C16H21NO2. The molecule has 19 heavy (non-hydrogen) atoms. The summed E-state index contributed by atoms with van der Waals surface area (Å²) in [7, 11) is 0. The molecule has 1 fully saturated rings. The fourth-order valence-electron chi connectivity index (χ4n) is 3.17. The predicted octanol–water partition coefficient (Wildman–Crippen LogP) is 3.38. The van der Waals surface area contributed by atoms with E-state index in [0.29, 0.717) is 12.5 Å². The van der Waals surface area contributed by atoms with Crippen LogP contribution in [0.4, 0.5) is 5.69 Å². The second-order valence-electron chi connectivity index (χ2n) is 5.68. The molecular weight excluding hydrogens is 238 g/mol. The van der Waals surface area contributed by atoms with Gasteiger partial charge in [0.25, 0.3) is 0 Å². The van der Waals surface area contributed by atoms with Crippen molar-refractivity contribution >= 4 is 11.6 Å². The number of hydrogen-bond donors (Lipinski definition) is 0. The van der Waals surface area contributed by atoms with Gasteiger partial charge in [0.2, 0.25) is 5.91 Å². The molecule has 3 heteroatoms. The van der Waals surface area contributed by atoms with Gasteiger partial charge in [-0.2, -0.15) is 0 Å². The maximum Gasteiger partial charge on any atom is 0.230 e. The number of carbonyl (C=O) groups excluding carboxylic acids is 1. The minimum Gasteiger partial charge on any atom is -0.487 e. The predicted molar refractivity (Wildman–Crippen MR) is 75.5 cm³/mol. The first-order chi connectivity index (χ1) is 9.25. The Kier molecular flexibility index (Phi) is 3.45. The summed E-state index contributed by atoms with van der Waals surface area (Å²) < 4.78 is 5.81. The smallest absolute Gasteiger partial charge is 0.230 e. The lowest BCUT2D eigenvalue weighted by Crippen LogP contribution is -2.45. The summed E-state index contributed by atoms with van der Waals surface area (Å²) >= 11 is 0. The number of carbonyl (C=O) groups is 1. The Morgan fingerprint density at radius 1 is 1.21 bits per heavy atom. The van der Waals surface area contributed by atoms with Gasteiger partial charge in [-0.15, -0.1) is 0 Å². The van der Waals surface area contributed by atoms with Crippen LogP contribution < -0.4 is 9.64 Å². The van der Waals surface area contributed by atoms with Crippen molar-refractivity contribution in [2.75, 3.05) is 11.4 Å². The lowest BCUT2D eigenvalue weighted by Gasteiger charge is -2.36. The molecule has 0 N–H and O–H groups in total. The topological polar surface area (TPSA) is 29.5 Å². The van der Waals surface area contributed by atoms with Crippen LogP contribution in [0.1, 0.15) is 39.0 Å². The van der Waals surface area contributed by atoms with E-state index < -0.39 is 0 Å². The molecule has 1 saturated carbocycles. The number of ether oxygens (including phenoxy) is 1. The second kappa shape index (κ2) is 5.24. The number of hydrogen-bond acceptors (Lipinski definition) is 2. The fraction of sp³-hybridized carbons (Fsp3) is 0.562. The summed E-state index contributed by atoms with van der Waals surface area (Å²) in [5.74, 6) is 1.35. The molecule has 1 aliphatic heterocycles. The lowest BCUT2D eigenvalue weighted by molar-refractivity contribution is -0.123. The van der Waals surface area contributed by atoms with Crippen molar-refractivity contribution < 1.29 is 9.53 Å². The normalized spacial score (nSPS) is 23.6. The number of amides is 1. The molecule has 2 aliphatic rings. The molecule has 1 atom stereocenters. The first kappa shape index (κ1) is 12.5. The Labute approximate surface area is 114 Å². The van der Waals surface area contributed by atoms with Crippen LogP contribution in [0.25, 0.3) is 0 Å². The molecule has 0 bridgehead atoms. The highest BCUT2D eigenvalue weighted by atomic mass is 16.5. The molecule has 1 aliphatic carbocycles. The first-order valence-corrected chi connectivity index (χ1v) is 7.33. The number of nitrogens with zero attached hydrogens (tertiary/aromatic N) is 1. The van der Waals surface area contributed by atoms with E-state index in [1.165, 1.54) is 19.3 Å². The summed E-state index contributed by atoms with van der Waals surface area (Å²) in [6, 6.07) is 7.87. The summed E-state index contributed by atoms with van der Waals surface area (Å²) in [6.07, 6.45) is 5.83. The minimum atomic E-state index is 0.0717. The average molecular weight is 259 g/mol. The van der Waals surface area contributed by atoms with Gasteiger partial charge in [-0.1, -0.05) is 31.4 Å². The van der Waals surface area contributed by atoms with Gasteiger partial charge in [-0.05, 0) is 31.9 Å². The molecule has 1 aromatic rings. The zero-order valence-corrected chi connectivity index (χ0v) is 11.5. The van der Waals surface area contributed by atoms with E-state index in [9.17, 15) is 4.79 Å². The van der Waals surface area contributed by atoms with E-state index in [1.807, 2.05) is 36.1 Å². The van der Waals surface area contributed by atoms with Crippen LogP contribution in [0, 0.1) is 5.92 Å². The van der Waals surface area contributed by atoms with E-state index in [4.69, 9.17) is 4.74 Å². The summed E-state index contributed by atoms with van der Waals surface area (Å²) in [5.41, 5.74) is 0.941. The first-order valence-electron chi connectivity index (χ1n) is 7.33. The van der Waals surface area contributed by atoms with Crippen LogP contribution >= 0.6 is 0 Å². The van der Waals surface area contributed by atoms with Gasteiger partial charge in [-0.3, -0.25) is 4.79 Å². The van der Waals surface area contributed by atoms with Crippen LogP contribution in [-0.4, -0.2) is 18.6 Å². The number of anilines is 1. The van der Waals surface area contributed by atoms with E-state index in [2.05, 4.69) is 0 Å². The molecule has 0 aromatic heterocycles. The number of para-hydroxylation sites is 2. The monoisotopic (exact) mass is 259 g/mol. The Balaban J connectivity index is 1.85. The van der Waals surface area contributed by atoms with Crippen LogP contribution in [-0.2, 0) is 4.79 Å². The molecule has 1 amide bonds. The number of fused-ring (bicyclic) bond motifs is 1. The molecule has 102 valence electrons. The van der Waals surface area contributed by atoms with E-state index >= 15 is 0 Å². The summed E-state index contributed by atoms with van der Waals surface area (Å²) in [5, 5.41) is 0. The maximum atomic E-state index is 12.7. The van der Waals surface area contributed by atoms with Crippen LogP contribution in [0.5, 0.6) is 5.75 Å². The highest BCUT2D eigenvalue weighted by Gasteiger charge is 2.32. The highest BCUT2D eigenvalue weighted by molar-refractivity contribution is 5.97. The molecule has 1 heterocycles.